The van der Waals surface area contributed by atoms with Gasteiger partial charge in [0.25, 0.3) is 0 Å². The molecular weight excluding hydrogens is 377 g/mol. The minimum atomic E-state index is -0.185. The van der Waals surface area contributed by atoms with E-state index < -0.39 is 0 Å². The van der Waals surface area contributed by atoms with Gasteiger partial charge in [0.15, 0.2) is 0 Å². The van der Waals surface area contributed by atoms with Crippen molar-refractivity contribution >= 4 is 23.3 Å². The van der Waals surface area contributed by atoms with Gasteiger partial charge in [-0.15, -0.1) is 12.4 Å². The van der Waals surface area contributed by atoms with Crippen molar-refractivity contribution in [3.8, 4) is 11.5 Å². The number of aromatic nitrogens is 2. The highest BCUT2D eigenvalue weighted by molar-refractivity contribution is 5.85. The van der Waals surface area contributed by atoms with Gasteiger partial charge >= 0.3 is 0 Å². The van der Waals surface area contributed by atoms with Crippen molar-refractivity contribution in [2.75, 3.05) is 6.54 Å². The van der Waals surface area contributed by atoms with Crippen LogP contribution in [0, 0.1) is 5.82 Å². The van der Waals surface area contributed by atoms with Crippen LogP contribution in [0.3, 0.4) is 0 Å². The van der Waals surface area contributed by atoms with E-state index >= 15 is 0 Å². The zero-order valence-electron chi connectivity index (χ0n) is 15.2. The molecule has 144 valence electrons. The molecule has 0 bridgehead atoms. The Bertz CT molecular complexity index is 1030. The number of halogens is 2. The number of nitrogens with zero attached hydrogens (tertiary/aromatic N) is 1. The monoisotopic (exact) mass is 397 g/mol. The molecule has 0 aliphatic heterocycles. The summed E-state index contributed by atoms with van der Waals surface area (Å²) in [6.07, 6.45) is 2.58. The van der Waals surface area contributed by atoms with Gasteiger partial charge in [-0.1, -0.05) is 24.3 Å². The van der Waals surface area contributed by atoms with Crippen LogP contribution in [0.25, 0.3) is 10.9 Å². The minimum absolute atomic E-state index is 0. The molecule has 2 N–H and O–H groups in total. The smallest absolute Gasteiger partial charge is 0.128 e. The normalized spacial score (nSPS) is 10.6. The average Bonchev–Trinajstić information content (AvgIpc) is 3.14. The topological polar surface area (TPSA) is 49.9 Å². The Morgan fingerprint density at radius 2 is 1.75 bits per heavy atom. The van der Waals surface area contributed by atoms with Gasteiger partial charge in [0.2, 0.25) is 0 Å². The number of nitrogens with one attached hydrogen (secondary N) is 2. The molecule has 0 atom stereocenters. The minimum Gasteiger partial charge on any atom is -0.457 e. The Balaban J connectivity index is 0.00000225. The summed E-state index contributed by atoms with van der Waals surface area (Å²) < 4.78 is 19.1. The molecule has 0 aliphatic carbocycles. The van der Waals surface area contributed by atoms with E-state index in [1.807, 2.05) is 48.5 Å². The van der Waals surface area contributed by atoms with Gasteiger partial charge in [-0.25, -0.2) is 4.39 Å². The fourth-order valence-corrected chi connectivity index (χ4v) is 2.95. The Morgan fingerprint density at radius 1 is 0.929 bits per heavy atom. The molecule has 0 radical (unpaired) electrons. The molecule has 0 saturated carbocycles. The van der Waals surface area contributed by atoms with Crippen LogP contribution < -0.4 is 10.1 Å². The number of benzene rings is 3. The van der Waals surface area contributed by atoms with E-state index in [9.17, 15) is 4.39 Å². The molecule has 6 heteroatoms. The van der Waals surface area contributed by atoms with Crippen LogP contribution in [-0.2, 0) is 13.0 Å². The van der Waals surface area contributed by atoms with Crippen molar-refractivity contribution in [3.63, 3.8) is 0 Å². The first kappa shape index (κ1) is 19.9. The number of fused-ring (bicyclic) bond motifs is 1. The Hall–Kier alpha value is -2.89. The summed E-state index contributed by atoms with van der Waals surface area (Å²) in [5, 5.41) is 11.3. The van der Waals surface area contributed by atoms with Crippen LogP contribution >= 0.6 is 12.4 Å². The third-order valence-electron chi connectivity index (χ3n) is 4.38. The van der Waals surface area contributed by atoms with E-state index in [0.29, 0.717) is 0 Å². The van der Waals surface area contributed by atoms with Crippen molar-refractivity contribution in [2.45, 2.75) is 13.0 Å². The fourth-order valence-electron chi connectivity index (χ4n) is 2.95. The molecule has 0 spiro atoms. The molecule has 0 aliphatic rings. The molecule has 0 unspecified atom stereocenters. The third kappa shape index (κ3) is 5.09. The van der Waals surface area contributed by atoms with E-state index in [1.54, 1.807) is 18.3 Å². The Labute approximate surface area is 169 Å². The second kappa shape index (κ2) is 9.35. The standard InChI is InChI=1S/C22H20FN3O.ClH/c23-19-3-1-2-16(12-19)10-11-24-14-17-4-6-20(7-5-17)27-21-8-9-22-18(13-21)15-25-26-22;/h1-9,12-13,15,24H,10-11,14H2,(H,25,26);1H. The molecule has 0 fully saturated rings. The summed E-state index contributed by atoms with van der Waals surface area (Å²) in [6, 6.07) is 20.6. The van der Waals surface area contributed by atoms with Crippen LogP contribution in [0.4, 0.5) is 4.39 Å². The number of aromatic amines is 1. The van der Waals surface area contributed by atoms with Crippen LogP contribution in [0.1, 0.15) is 11.1 Å². The van der Waals surface area contributed by atoms with Gasteiger partial charge < -0.3 is 10.1 Å². The van der Waals surface area contributed by atoms with E-state index in [0.717, 1.165) is 47.5 Å². The van der Waals surface area contributed by atoms with Gasteiger partial charge in [-0.05, 0) is 66.6 Å². The first-order valence-electron chi connectivity index (χ1n) is 8.91. The molecule has 3 aromatic carbocycles. The molecule has 1 heterocycles. The zero-order valence-corrected chi connectivity index (χ0v) is 16.0. The number of ether oxygens (including phenoxy) is 1. The summed E-state index contributed by atoms with van der Waals surface area (Å²) in [5.74, 6) is 1.39. The largest absolute Gasteiger partial charge is 0.457 e. The summed E-state index contributed by atoms with van der Waals surface area (Å²) in [6.45, 7) is 1.56. The summed E-state index contributed by atoms with van der Waals surface area (Å²) in [5.41, 5.74) is 3.16. The predicted molar refractivity (Wildman–Crippen MR) is 112 cm³/mol. The lowest BCUT2D eigenvalue weighted by atomic mass is 10.1. The molecule has 4 aromatic rings. The molecule has 0 saturated heterocycles. The second-order valence-electron chi connectivity index (χ2n) is 6.42. The number of rotatable bonds is 7. The molecule has 4 rings (SSSR count). The van der Waals surface area contributed by atoms with Gasteiger partial charge in [0, 0.05) is 11.9 Å². The van der Waals surface area contributed by atoms with Crippen molar-refractivity contribution in [2.24, 2.45) is 0 Å². The van der Waals surface area contributed by atoms with E-state index in [-0.39, 0.29) is 18.2 Å². The van der Waals surface area contributed by atoms with Gasteiger partial charge in [0.05, 0.1) is 11.7 Å². The highest BCUT2D eigenvalue weighted by Gasteiger charge is 2.02. The zero-order chi connectivity index (χ0) is 18.5. The molecule has 1 aromatic heterocycles. The van der Waals surface area contributed by atoms with Gasteiger partial charge in [0.1, 0.15) is 17.3 Å². The van der Waals surface area contributed by atoms with Crippen LogP contribution in [-0.4, -0.2) is 16.7 Å². The van der Waals surface area contributed by atoms with Crippen molar-refractivity contribution in [3.05, 3.63) is 89.9 Å². The number of hydrogen-bond acceptors (Lipinski definition) is 3. The first-order chi connectivity index (χ1) is 13.3. The Kier molecular flexibility index (Phi) is 6.63. The van der Waals surface area contributed by atoms with Crippen molar-refractivity contribution in [1.82, 2.24) is 15.5 Å². The summed E-state index contributed by atoms with van der Waals surface area (Å²) in [7, 11) is 0. The highest BCUT2D eigenvalue weighted by Crippen LogP contribution is 2.25. The SMILES string of the molecule is Cl.Fc1cccc(CCNCc2ccc(Oc3ccc4[nH]ncc4c3)cc2)c1. The van der Waals surface area contributed by atoms with Crippen molar-refractivity contribution in [1.29, 1.82) is 0 Å². The molecule has 28 heavy (non-hydrogen) atoms. The van der Waals surface area contributed by atoms with Crippen LogP contribution in [0.5, 0.6) is 11.5 Å². The number of hydrogen-bond donors (Lipinski definition) is 2. The lowest BCUT2D eigenvalue weighted by Gasteiger charge is -2.08. The summed E-state index contributed by atoms with van der Waals surface area (Å²) >= 11 is 0. The second-order valence-corrected chi connectivity index (χ2v) is 6.42. The molecule has 0 amide bonds. The quantitative estimate of drug-likeness (QED) is 0.419. The fraction of sp³-hybridized carbons (Fsp3) is 0.136. The lowest BCUT2D eigenvalue weighted by molar-refractivity contribution is 0.483. The lowest BCUT2D eigenvalue weighted by Crippen LogP contribution is -2.16. The van der Waals surface area contributed by atoms with Gasteiger partial charge in [-0.2, -0.15) is 5.10 Å². The van der Waals surface area contributed by atoms with Crippen molar-refractivity contribution < 1.29 is 9.13 Å². The first-order valence-corrected chi connectivity index (χ1v) is 8.91. The van der Waals surface area contributed by atoms with E-state index in [2.05, 4.69) is 15.5 Å². The number of H-pyrrole nitrogens is 1. The Morgan fingerprint density at radius 3 is 2.57 bits per heavy atom. The van der Waals surface area contributed by atoms with Crippen LogP contribution in [0.15, 0.2) is 72.9 Å². The van der Waals surface area contributed by atoms with Crippen LogP contribution in [0.2, 0.25) is 0 Å². The maximum absolute atomic E-state index is 13.2. The average molecular weight is 398 g/mol. The maximum Gasteiger partial charge on any atom is 0.128 e. The summed E-state index contributed by atoms with van der Waals surface area (Å²) in [4.78, 5) is 0. The highest BCUT2D eigenvalue weighted by atomic mass is 35.5. The maximum atomic E-state index is 13.2. The van der Waals surface area contributed by atoms with E-state index in [1.165, 1.54) is 11.6 Å². The third-order valence-corrected chi connectivity index (χ3v) is 4.38. The predicted octanol–water partition coefficient (Wildman–Crippen LogP) is 5.25. The molecular formula is C22H21ClFN3O. The molecule has 4 nitrogen and oxygen atoms in total. The van der Waals surface area contributed by atoms with Gasteiger partial charge in [-0.3, -0.25) is 5.10 Å². The van der Waals surface area contributed by atoms with E-state index in [4.69, 9.17) is 4.74 Å².